The van der Waals surface area contributed by atoms with Gasteiger partial charge < -0.3 is 10.2 Å². The minimum Gasteiger partial charge on any atom is -0.508 e. The van der Waals surface area contributed by atoms with E-state index in [0.717, 1.165) is 0 Å². The molecule has 1 fully saturated rings. The molecule has 3 rings (SSSR count). The van der Waals surface area contributed by atoms with E-state index in [-0.39, 0.29) is 22.7 Å². The lowest BCUT2D eigenvalue weighted by Gasteiger charge is -2.16. The van der Waals surface area contributed by atoms with Crippen LogP contribution in [0.25, 0.3) is 11.1 Å². The summed E-state index contributed by atoms with van der Waals surface area (Å²) in [6, 6.07) is 9.97. The summed E-state index contributed by atoms with van der Waals surface area (Å²) in [5.74, 6) is 0.0110. The van der Waals surface area contributed by atoms with Gasteiger partial charge in [-0.15, -0.1) is 0 Å². The van der Waals surface area contributed by atoms with Gasteiger partial charge in [-0.1, -0.05) is 32.0 Å². The second-order valence-electron chi connectivity index (χ2n) is 6.47. The van der Waals surface area contributed by atoms with Crippen molar-refractivity contribution in [3.8, 4) is 22.6 Å². The van der Waals surface area contributed by atoms with Gasteiger partial charge >= 0.3 is 0 Å². The molecule has 2 aromatic rings. The first-order valence-corrected chi connectivity index (χ1v) is 9.51. The first kappa shape index (κ1) is 16.6. The molecule has 0 atom stereocenters. The van der Waals surface area contributed by atoms with Gasteiger partial charge in [-0.2, -0.15) is 0 Å². The third-order valence-electron chi connectivity index (χ3n) is 4.20. The number of hydrogen-bond acceptors (Lipinski definition) is 4. The number of anilines is 1. The third-order valence-corrected chi connectivity index (χ3v) is 6.05. The molecule has 2 aromatic carbocycles. The van der Waals surface area contributed by atoms with Gasteiger partial charge in [0.1, 0.15) is 11.5 Å². The standard InChI is InChI=1S/C18H21NO4S/c1-11(2)14-9-15(18(21)10-17(14)20)13-5-3-4-6-16(13)19-24(22,23)12-7-8-12/h3-6,9-12,19-21H,7-8H2,1-2H3. The normalized spacial score (nSPS) is 14.8. The third kappa shape index (κ3) is 3.19. The highest BCUT2D eigenvalue weighted by atomic mass is 32.2. The zero-order valence-corrected chi connectivity index (χ0v) is 14.5. The maximum atomic E-state index is 12.2. The molecule has 1 aliphatic carbocycles. The number of para-hydroxylation sites is 1. The fraction of sp³-hybridized carbons (Fsp3) is 0.333. The summed E-state index contributed by atoms with van der Waals surface area (Å²) in [5, 5.41) is 19.9. The molecule has 0 unspecified atom stereocenters. The molecular formula is C18H21NO4S. The largest absolute Gasteiger partial charge is 0.508 e. The van der Waals surface area contributed by atoms with Crippen molar-refractivity contribution < 1.29 is 18.6 Å². The predicted octanol–water partition coefficient (Wildman–Crippen LogP) is 3.79. The summed E-state index contributed by atoms with van der Waals surface area (Å²) in [4.78, 5) is 0. The monoisotopic (exact) mass is 347 g/mol. The Hall–Kier alpha value is -2.21. The first-order valence-electron chi connectivity index (χ1n) is 7.96. The van der Waals surface area contributed by atoms with Gasteiger partial charge in [-0.3, -0.25) is 4.72 Å². The van der Waals surface area contributed by atoms with Crippen LogP contribution < -0.4 is 4.72 Å². The topological polar surface area (TPSA) is 86.6 Å². The zero-order chi connectivity index (χ0) is 17.5. The van der Waals surface area contributed by atoms with Crippen LogP contribution in [0.2, 0.25) is 0 Å². The molecule has 0 heterocycles. The summed E-state index contributed by atoms with van der Waals surface area (Å²) in [7, 11) is -3.40. The van der Waals surface area contributed by atoms with Crippen molar-refractivity contribution in [3.63, 3.8) is 0 Å². The number of sulfonamides is 1. The number of benzene rings is 2. The van der Waals surface area contributed by atoms with Crippen LogP contribution in [-0.4, -0.2) is 23.9 Å². The van der Waals surface area contributed by atoms with Gasteiger partial charge in [0.05, 0.1) is 10.9 Å². The smallest absolute Gasteiger partial charge is 0.235 e. The van der Waals surface area contributed by atoms with E-state index in [2.05, 4.69) is 4.72 Å². The van der Waals surface area contributed by atoms with Gasteiger partial charge in [0.25, 0.3) is 0 Å². The molecule has 0 amide bonds. The minimum absolute atomic E-state index is 0.0299. The minimum atomic E-state index is -3.40. The Balaban J connectivity index is 2.09. The van der Waals surface area contributed by atoms with E-state index in [1.54, 1.807) is 30.3 Å². The van der Waals surface area contributed by atoms with Crippen LogP contribution in [0.4, 0.5) is 5.69 Å². The van der Waals surface area contributed by atoms with Gasteiger partial charge in [-0.25, -0.2) is 8.42 Å². The Morgan fingerprint density at radius 3 is 2.33 bits per heavy atom. The van der Waals surface area contributed by atoms with Gasteiger partial charge in [0.15, 0.2) is 0 Å². The first-order chi connectivity index (χ1) is 11.3. The maximum Gasteiger partial charge on any atom is 0.235 e. The molecule has 5 nitrogen and oxygen atoms in total. The second kappa shape index (κ2) is 6.02. The van der Waals surface area contributed by atoms with E-state index >= 15 is 0 Å². The fourth-order valence-electron chi connectivity index (χ4n) is 2.69. The average molecular weight is 347 g/mol. The summed E-state index contributed by atoms with van der Waals surface area (Å²) >= 11 is 0. The molecule has 0 aliphatic heterocycles. The number of rotatable bonds is 5. The van der Waals surface area contributed by atoms with Gasteiger partial charge in [0, 0.05) is 17.2 Å². The van der Waals surface area contributed by atoms with Crippen LogP contribution in [0, 0.1) is 0 Å². The van der Waals surface area contributed by atoms with E-state index in [1.807, 2.05) is 13.8 Å². The molecule has 0 bridgehead atoms. The van der Waals surface area contributed by atoms with Crippen molar-refractivity contribution in [2.75, 3.05) is 4.72 Å². The summed E-state index contributed by atoms with van der Waals surface area (Å²) in [6.45, 7) is 3.88. The number of phenols is 2. The van der Waals surface area contributed by atoms with E-state index in [0.29, 0.717) is 35.2 Å². The van der Waals surface area contributed by atoms with E-state index in [1.165, 1.54) is 6.07 Å². The second-order valence-corrected chi connectivity index (χ2v) is 8.44. The maximum absolute atomic E-state index is 12.2. The Bertz CT molecular complexity index is 871. The fourth-order valence-corrected chi connectivity index (χ4v) is 4.10. The lowest BCUT2D eigenvalue weighted by Crippen LogP contribution is -2.17. The molecule has 0 aromatic heterocycles. The molecule has 0 saturated heterocycles. The van der Waals surface area contributed by atoms with Crippen molar-refractivity contribution in [3.05, 3.63) is 42.0 Å². The Morgan fingerprint density at radius 1 is 1.04 bits per heavy atom. The van der Waals surface area contributed by atoms with Crippen LogP contribution in [0.15, 0.2) is 36.4 Å². The summed E-state index contributed by atoms with van der Waals surface area (Å²) in [6.07, 6.45) is 1.36. The molecule has 1 aliphatic rings. The Morgan fingerprint density at radius 2 is 1.71 bits per heavy atom. The van der Waals surface area contributed by atoms with Crippen molar-refractivity contribution >= 4 is 15.7 Å². The van der Waals surface area contributed by atoms with Crippen LogP contribution in [0.1, 0.15) is 38.2 Å². The summed E-state index contributed by atoms with van der Waals surface area (Å²) < 4.78 is 27.1. The van der Waals surface area contributed by atoms with E-state index < -0.39 is 10.0 Å². The average Bonchev–Trinajstić information content (AvgIpc) is 3.33. The van der Waals surface area contributed by atoms with Crippen molar-refractivity contribution in [1.82, 2.24) is 0 Å². The highest BCUT2D eigenvalue weighted by molar-refractivity contribution is 7.93. The highest BCUT2D eigenvalue weighted by Crippen LogP contribution is 2.41. The Kier molecular flexibility index (Phi) is 4.17. The van der Waals surface area contributed by atoms with Crippen LogP contribution in [0.3, 0.4) is 0 Å². The molecule has 24 heavy (non-hydrogen) atoms. The van der Waals surface area contributed by atoms with Gasteiger partial charge in [-0.05, 0) is 36.5 Å². The molecule has 3 N–H and O–H groups in total. The van der Waals surface area contributed by atoms with E-state index in [4.69, 9.17) is 0 Å². The lowest BCUT2D eigenvalue weighted by atomic mass is 9.95. The van der Waals surface area contributed by atoms with Crippen molar-refractivity contribution in [2.24, 2.45) is 0 Å². The van der Waals surface area contributed by atoms with Crippen LogP contribution >= 0.6 is 0 Å². The van der Waals surface area contributed by atoms with Crippen molar-refractivity contribution in [2.45, 2.75) is 37.9 Å². The zero-order valence-electron chi connectivity index (χ0n) is 13.7. The number of hydrogen-bond donors (Lipinski definition) is 3. The number of nitrogens with one attached hydrogen (secondary N) is 1. The highest BCUT2D eigenvalue weighted by Gasteiger charge is 2.36. The lowest BCUT2D eigenvalue weighted by molar-refractivity contribution is 0.445. The molecule has 6 heteroatoms. The quantitative estimate of drug-likeness (QED) is 0.768. The summed E-state index contributed by atoms with van der Waals surface area (Å²) in [5.41, 5.74) is 2.20. The van der Waals surface area contributed by atoms with Gasteiger partial charge in [0.2, 0.25) is 10.0 Å². The van der Waals surface area contributed by atoms with E-state index in [9.17, 15) is 18.6 Å². The SMILES string of the molecule is CC(C)c1cc(-c2ccccc2NS(=O)(=O)C2CC2)c(O)cc1O. The molecule has 0 radical (unpaired) electrons. The number of phenolic OH excluding ortho intramolecular Hbond substituents is 2. The number of aromatic hydroxyl groups is 2. The molecule has 1 saturated carbocycles. The molecular weight excluding hydrogens is 326 g/mol. The van der Waals surface area contributed by atoms with Crippen molar-refractivity contribution in [1.29, 1.82) is 0 Å². The predicted molar refractivity (Wildman–Crippen MR) is 94.9 cm³/mol. The molecule has 128 valence electrons. The molecule has 0 spiro atoms. The van der Waals surface area contributed by atoms with Crippen LogP contribution in [-0.2, 0) is 10.0 Å². The van der Waals surface area contributed by atoms with Crippen LogP contribution in [0.5, 0.6) is 11.5 Å². The Labute approximate surface area is 142 Å².